The minimum absolute atomic E-state index is 0.123. The van der Waals surface area contributed by atoms with Gasteiger partial charge in [0.1, 0.15) is 19.3 Å². The highest BCUT2D eigenvalue weighted by Gasteiger charge is 2.51. The summed E-state index contributed by atoms with van der Waals surface area (Å²) in [6.07, 6.45) is 10.1. The van der Waals surface area contributed by atoms with Crippen LogP contribution in [0.1, 0.15) is 69.5 Å². The lowest BCUT2D eigenvalue weighted by molar-refractivity contribution is -0.131. The Hall–Kier alpha value is -1.79. The quantitative estimate of drug-likeness (QED) is 0.658. The van der Waals surface area contributed by atoms with Gasteiger partial charge < -0.3 is 24.8 Å². The van der Waals surface area contributed by atoms with Gasteiger partial charge in [0.05, 0.1) is 6.04 Å². The second-order valence-corrected chi connectivity index (χ2v) is 11.6. The largest absolute Gasteiger partial charge is 0.486 e. The average Bonchev–Trinajstić information content (AvgIpc) is 3.29. The number of rotatable bonds is 7. The minimum Gasteiger partial charge on any atom is -0.486 e. The summed E-state index contributed by atoms with van der Waals surface area (Å²) in [6, 6.07) is 5.32. The van der Waals surface area contributed by atoms with Gasteiger partial charge >= 0.3 is 0 Å². The van der Waals surface area contributed by atoms with Crippen LogP contribution in [0, 0.1) is 23.2 Å². The highest BCUT2D eigenvalue weighted by Crippen LogP contribution is 2.61. The van der Waals surface area contributed by atoms with Gasteiger partial charge in [0.2, 0.25) is 5.91 Å². The highest BCUT2D eigenvalue weighted by molar-refractivity contribution is 5.77. The molecule has 4 bridgehead atoms. The standard InChI is InChI=1S/C27H38N2O4/c30-25(16-27-13-18-9-19(14-27)11-20(10-18)15-27)28-22(17-29-5-1-2-6-29)26(31)21-3-4-23-24(12-21)33-8-7-32-23/h3-4,12,18-20,22,26,31H,1-2,5-11,13-17H2,(H,28,30). The summed E-state index contributed by atoms with van der Waals surface area (Å²) in [5.41, 5.74) is 0.984. The van der Waals surface area contributed by atoms with E-state index in [-0.39, 0.29) is 17.4 Å². The molecule has 0 radical (unpaired) electrons. The Bertz CT molecular complexity index is 846. The molecule has 1 amide bonds. The number of nitrogens with one attached hydrogen (secondary N) is 1. The number of amides is 1. The Morgan fingerprint density at radius 3 is 2.33 bits per heavy atom. The van der Waals surface area contributed by atoms with E-state index in [0.717, 1.165) is 42.2 Å². The van der Waals surface area contributed by atoms with Crippen LogP contribution in [0.3, 0.4) is 0 Å². The van der Waals surface area contributed by atoms with Crippen LogP contribution in [0.25, 0.3) is 0 Å². The number of hydrogen-bond acceptors (Lipinski definition) is 5. The van der Waals surface area contributed by atoms with Crippen molar-refractivity contribution in [1.29, 1.82) is 0 Å². The Kier molecular flexibility index (Phi) is 5.77. The average molecular weight is 455 g/mol. The van der Waals surface area contributed by atoms with Crippen molar-refractivity contribution in [3.63, 3.8) is 0 Å². The zero-order valence-corrected chi connectivity index (χ0v) is 19.6. The van der Waals surface area contributed by atoms with Crippen LogP contribution >= 0.6 is 0 Å². The summed E-state index contributed by atoms with van der Waals surface area (Å²) in [4.78, 5) is 15.8. The normalized spacial score (nSPS) is 34.3. The van der Waals surface area contributed by atoms with E-state index in [4.69, 9.17) is 9.47 Å². The third kappa shape index (κ3) is 4.49. The molecular weight excluding hydrogens is 416 g/mol. The zero-order valence-electron chi connectivity index (χ0n) is 19.6. The van der Waals surface area contributed by atoms with Gasteiger partial charge in [0.15, 0.2) is 11.5 Å². The number of likely N-dealkylation sites (tertiary alicyclic amines) is 1. The topological polar surface area (TPSA) is 71.0 Å². The summed E-state index contributed by atoms with van der Waals surface area (Å²) < 4.78 is 11.4. The van der Waals surface area contributed by atoms with Gasteiger partial charge in [0, 0.05) is 13.0 Å². The number of carbonyl (C=O) groups is 1. The van der Waals surface area contributed by atoms with Crippen molar-refractivity contribution in [3.8, 4) is 11.5 Å². The number of aliphatic hydroxyl groups excluding tert-OH is 1. The first-order valence-corrected chi connectivity index (χ1v) is 13.1. The van der Waals surface area contributed by atoms with E-state index in [9.17, 15) is 9.90 Å². The van der Waals surface area contributed by atoms with Gasteiger partial charge in [0.25, 0.3) is 0 Å². The van der Waals surface area contributed by atoms with E-state index in [1.807, 2.05) is 18.2 Å². The molecule has 2 atom stereocenters. The maximum Gasteiger partial charge on any atom is 0.220 e. The number of carbonyl (C=O) groups excluding carboxylic acids is 1. The van der Waals surface area contributed by atoms with Crippen molar-refractivity contribution >= 4 is 5.91 Å². The highest BCUT2D eigenvalue weighted by atomic mass is 16.6. The van der Waals surface area contributed by atoms with Gasteiger partial charge in [-0.25, -0.2) is 0 Å². The van der Waals surface area contributed by atoms with Crippen LogP contribution < -0.4 is 14.8 Å². The van der Waals surface area contributed by atoms with E-state index < -0.39 is 6.10 Å². The molecule has 0 aromatic heterocycles. The van der Waals surface area contributed by atoms with Crippen molar-refractivity contribution in [2.24, 2.45) is 23.2 Å². The minimum atomic E-state index is -0.776. The van der Waals surface area contributed by atoms with Crippen LogP contribution in [-0.2, 0) is 4.79 Å². The summed E-state index contributed by atoms with van der Waals surface area (Å²) in [6.45, 7) is 3.82. The predicted molar refractivity (Wildman–Crippen MR) is 125 cm³/mol. The zero-order chi connectivity index (χ0) is 22.4. The second-order valence-electron chi connectivity index (χ2n) is 11.6. The Morgan fingerprint density at radius 1 is 1.03 bits per heavy atom. The molecule has 33 heavy (non-hydrogen) atoms. The monoisotopic (exact) mass is 454 g/mol. The number of benzene rings is 1. The molecule has 7 rings (SSSR count). The smallest absolute Gasteiger partial charge is 0.220 e. The molecular formula is C27H38N2O4. The van der Waals surface area contributed by atoms with Crippen molar-refractivity contribution < 1.29 is 19.4 Å². The first kappa shape index (κ1) is 21.7. The summed E-state index contributed by atoms with van der Waals surface area (Å²) in [7, 11) is 0. The third-order valence-electron chi connectivity index (χ3n) is 8.99. The Balaban J connectivity index is 1.17. The van der Waals surface area contributed by atoms with Gasteiger partial charge in [-0.05, 0) is 105 Å². The second kappa shape index (κ2) is 8.77. The van der Waals surface area contributed by atoms with E-state index in [1.54, 1.807) is 0 Å². The molecule has 180 valence electrons. The number of hydrogen-bond donors (Lipinski definition) is 2. The summed E-state index contributed by atoms with van der Waals surface area (Å²) in [5, 5.41) is 14.7. The fraction of sp³-hybridized carbons (Fsp3) is 0.741. The third-order valence-corrected chi connectivity index (χ3v) is 8.99. The first-order valence-electron chi connectivity index (χ1n) is 13.1. The number of ether oxygens (including phenoxy) is 2. The molecule has 1 saturated heterocycles. The van der Waals surface area contributed by atoms with E-state index in [2.05, 4.69) is 10.2 Å². The number of fused-ring (bicyclic) bond motifs is 1. The molecule has 6 nitrogen and oxygen atoms in total. The fourth-order valence-electron chi connectivity index (χ4n) is 8.05. The molecule has 4 saturated carbocycles. The van der Waals surface area contributed by atoms with Crippen LogP contribution in [0.5, 0.6) is 11.5 Å². The van der Waals surface area contributed by atoms with Gasteiger partial charge in [-0.2, -0.15) is 0 Å². The number of nitrogens with zero attached hydrogens (tertiary/aromatic N) is 1. The summed E-state index contributed by atoms with van der Waals surface area (Å²) >= 11 is 0. The van der Waals surface area contributed by atoms with Crippen molar-refractivity contribution in [2.45, 2.75) is 69.9 Å². The van der Waals surface area contributed by atoms with E-state index in [1.165, 1.54) is 51.4 Å². The van der Waals surface area contributed by atoms with Gasteiger partial charge in [-0.15, -0.1) is 0 Å². The molecule has 4 aliphatic carbocycles. The van der Waals surface area contributed by atoms with Crippen molar-refractivity contribution in [1.82, 2.24) is 10.2 Å². The van der Waals surface area contributed by atoms with E-state index >= 15 is 0 Å². The maximum absolute atomic E-state index is 13.4. The van der Waals surface area contributed by atoms with Crippen molar-refractivity contribution in [2.75, 3.05) is 32.8 Å². The maximum atomic E-state index is 13.4. The SMILES string of the molecule is O=C(CC12CC3CC(CC(C3)C1)C2)NC(CN1CCCC1)C(O)c1ccc2c(c1)OCCO2. The number of aliphatic hydroxyl groups is 1. The summed E-state index contributed by atoms with van der Waals surface area (Å²) in [5.74, 6) is 4.04. The lowest BCUT2D eigenvalue weighted by Crippen LogP contribution is -2.51. The molecule has 2 unspecified atom stereocenters. The molecule has 0 spiro atoms. The molecule has 6 aliphatic rings. The molecule has 2 heterocycles. The molecule has 2 N–H and O–H groups in total. The molecule has 1 aromatic rings. The van der Waals surface area contributed by atoms with Crippen LogP contribution in [0.2, 0.25) is 0 Å². The fourth-order valence-corrected chi connectivity index (χ4v) is 8.05. The Labute approximate surface area is 197 Å². The molecule has 2 aliphatic heterocycles. The molecule has 1 aromatic carbocycles. The van der Waals surface area contributed by atoms with Crippen LogP contribution in [-0.4, -0.2) is 54.8 Å². The molecule has 6 heteroatoms. The first-order chi connectivity index (χ1) is 16.1. The Morgan fingerprint density at radius 2 is 1.67 bits per heavy atom. The molecule has 5 fully saturated rings. The van der Waals surface area contributed by atoms with Gasteiger partial charge in [-0.1, -0.05) is 6.07 Å². The lowest BCUT2D eigenvalue weighted by Gasteiger charge is -2.56. The van der Waals surface area contributed by atoms with Crippen LogP contribution in [0.4, 0.5) is 0 Å². The van der Waals surface area contributed by atoms with Crippen molar-refractivity contribution in [3.05, 3.63) is 23.8 Å². The predicted octanol–water partition coefficient (Wildman–Crippen LogP) is 3.68. The van der Waals surface area contributed by atoms with Gasteiger partial charge in [-0.3, -0.25) is 4.79 Å². The lowest BCUT2D eigenvalue weighted by atomic mass is 9.49. The van der Waals surface area contributed by atoms with E-state index in [0.29, 0.717) is 31.9 Å². The van der Waals surface area contributed by atoms with Crippen LogP contribution in [0.15, 0.2) is 18.2 Å².